The maximum Gasteiger partial charge on any atom is 0.302 e. The fraction of sp³-hybridized carbons (Fsp3) is 0. The highest BCUT2D eigenvalue weighted by atomic mass is 16.6. The lowest BCUT2D eigenvalue weighted by atomic mass is 10.1. The van der Waals surface area contributed by atoms with E-state index in [0.29, 0.717) is 28.0 Å². The maximum atomic E-state index is 11.9. The van der Waals surface area contributed by atoms with E-state index in [1.165, 1.54) is 0 Å². The van der Waals surface area contributed by atoms with Crippen LogP contribution < -0.4 is 16.5 Å². The van der Waals surface area contributed by atoms with Crippen LogP contribution in [0.15, 0.2) is 59.8 Å². The second-order valence-corrected chi connectivity index (χ2v) is 6.10. The zero-order valence-electron chi connectivity index (χ0n) is 13.9. The Balaban J connectivity index is 1.73. The summed E-state index contributed by atoms with van der Waals surface area (Å²) in [5, 5.41) is 17.3. The Morgan fingerprint density at radius 3 is 2.74 bits per heavy atom. The van der Waals surface area contributed by atoms with Gasteiger partial charge >= 0.3 is 5.69 Å². The number of nitro groups is 1. The number of pyridine rings is 1. The van der Waals surface area contributed by atoms with Crippen molar-refractivity contribution < 1.29 is 4.92 Å². The molecule has 0 fully saturated rings. The van der Waals surface area contributed by atoms with Gasteiger partial charge in [0.05, 0.1) is 21.3 Å². The van der Waals surface area contributed by atoms with Crippen LogP contribution in [0.5, 0.6) is 0 Å². The first-order chi connectivity index (χ1) is 13.2. The van der Waals surface area contributed by atoms with Crippen LogP contribution in [0.4, 0.5) is 5.69 Å². The lowest BCUT2D eigenvalue weighted by Gasteiger charge is -2.01. The minimum Gasteiger partial charge on any atom is -0.349 e. The third kappa shape index (κ3) is 2.45. The normalized spacial score (nSPS) is 13.4. The van der Waals surface area contributed by atoms with Gasteiger partial charge in [-0.15, -0.1) is 10.6 Å². The van der Waals surface area contributed by atoms with E-state index in [2.05, 4.69) is 31.6 Å². The van der Waals surface area contributed by atoms with Crippen molar-refractivity contribution in [2.45, 2.75) is 0 Å². The molecule has 0 amide bonds. The molecule has 9 nitrogen and oxygen atoms in total. The molecule has 1 aliphatic heterocycles. The number of aromatic nitrogens is 2. The van der Waals surface area contributed by atoms with E-state index in [4.69, 9.17) is 0 Å². The minimum atomic E-state index is -0.368. The molecule has 27 heavy (non-hydrogen) atoms. The molecular weight excluding hydrogens is 346 g/mol. The van der Waals surface area contributed by atoms with Crippen LogP contribution in [0.3, 0.4) is 0 Å². The molecule has 0 radical (unpaired) electrons. The standard InChI is InChI=1S/C18H13N7O2/c26-25(27)17-13-8-11(18-21-23-24-22-18)5-6-15(13)20-16(17)12-7-10-3-1-2-4-14(10)19-9-12/h1-9,20,23-24H,(H,21,22). The van der Waals surface area contributed by atoms with Gasteiger partial charge in [0, 0.05) is 22.7 Å². The van der Waals surface area contributed by atoms with E-state index in [9.17, 15) is 10.1 Å². The number of nitrogens with zero attached hydrogens (tertiary/aromatic N) is 3. The van der Waals surface area contributed by atoms with E-state index in [1.807, 2.05) is 36.4 Å². The SMILES string of the molecule is O=[N+]([O-])c1c(-c2cnc3ccccc3c2)[nH]c2ccc(C3=NNNN3)cc12. The fourth-order valence-corrected chi connectivity index (χ4v) is 3.27. The molecule has 5 rings (SSSR count). The Labute approximate surface area is 152 Å². The van der Waals surface area contributed by atoms with Crippen molar-refractivity contribution in [3.8, 4) is 11.3 Å². The Bertz CT molecular complexity index is 1250. The molecule has 0 saturated carbocycles. The summed E-state index contributed by atoms with van der Waals surface area (Å²) >= 11 is 0. The topological polar surface area (TPSA) is 120 Å². The Morgan fingerprint density at radius 1 is 1.04 bits per heavy atom. The van der Waals surface area contributed by atoms with Crippen molar-refractivity contribution >= 4 is 33.3 Å². The average Bonchev–Trinajstić information content (AvgIpc) is 3.34. The molecule has 0 aliphatic carbocycles. The molecule has 4 N–H and O–H groups in total. The Hall–Kier alpha value is -3.98. The first-order valence-electron chi connectivity index (χ1n) is 8.20. The highest BCUT2D eigenvalue weighted by molar-refractivity contribution is 6.05. The number of hydrogen-bond acceptors (Lipinski definition) is 7. The van der Waals surface area contributed by atoms with Gasteiger partial charge in [-0.1, -0.05) is 18.2 Å². The highest BCUT2D eigenvalue weighted by Crippen LogP contribution is 2.37. The van der Waals surface area contributed by atoms with Crippen molar-refractivity contribution in [3.63, 3.8) is 0 Å². The van der Waals surface area contributed by atoms with E-state index < -0.39 is 0 Å². The van der Waals surface area contributed by atoms with Crippen LogP contribution in [0.25, 0.3) is 33.1 Å². The third-order valence-corrected chi connectivity index (χ3v) is 4.51. The van der Waals surface area contributed by atoms with E-state index >= 15 is 0 Å². The lowest BCUT2D eigenvalue weighted by molar-refractivity contribution is -0.382. The molecule has 0 atom stereocenters. The van der Waals surface area contributed by atoms with Crippen LogP contribution in [-0.4, -0.2) is 20.7 Å². The zero-order valence-corrected chi connectivity index (χ0v) is 13.9. The van der Waals surface area contributed by atoms with Gasteiger partial charge in [-0.2, -0.15) is 0 Å². The van der Waals surface area contributed by atoms with Gasteiger partial charge in [-0.05, 0) is 30.3 Å². The molecule has 3 heterocycles. The molecule has 0 unspecified atom stereocenters. The number of rotatable bonds is 3. The highest BCUT2D eigenvalue weighted by Gasteiger charge is 2.24. The number of para-hydroxylation sites is 1. The van der Waals surface area contributed by atoms with E-state index in [-0.39, 0.29) is 10.6 Å². The molecule has 0 spiro atoms. The predicted molar refractivity (Wildman–Crippen MR) is 102 cm³/mol. The second kappa shape index (κ2) is 5.78. The number of hydrogen-bond donors (Lipinski definition) is 4. The summed E-state index contributed by atoms with van der Waals surface area (Å²) in [7, 11) is 0. The summed E-state index contributed by atoms with van der Waals surface area (Å²) in [4.78, 5) is 19.1. The molecule has 2 aromatic carbocycles. The summed E-state index contributed by atoms with van der Waals surface area (Å²) in [6.45, 7) is 0. The Kier molecular flexibility index (Phi) is 3.27. The summed E-state index contributed by atoms with van der Waals surface area (Å²) in [5.41, 5.74) is 11.4. The predicted octanol–water partition coefficient (Wildman–Crippen LogP) is 2.57. The van der Waals surface area contributed by atoms with Gasteiger partial charge in [-0.3, -0.25) is 20.5 Å². The molecule has 1 aliphatic rings. The number of hydrazine groups is 2. The van der Waals surface area contributed by atoms with Gasteiger partial charge < -0.3 is 4.98 Å². The zero-order chi connectivity index (χ0) is 18.4. The number of hydrazone groups is 1. The first-order valence-corrected chi connectivity index (χ1v) is 8.20. The van der Waals surface area contributed by atoms with E-state index in [0.717, 1.165) is 16.5 Å². The summed E-state index contributed by atoms with van der Waals surface area (Å²) < 4.78 is 0. The van der Waals surface area contributed by atoms with Crippen LogP contribution in [0.2, 0.25) is 0 Å². The number of aromatic amines is 1. The van der Waals surface area contributed by atoms with Crippen molar-refractivity contribution in [2.24, 2.45) is 5.10 Å². The van der Waals surface area contributed by atoms with Gasteiger partial charge in [0.15, 0.2) is 5.84 Å². The minimum absolute atomic E-state index is 0.0171. The van der Waals surface area contributed by atoms with Crippen LogP contribution in [0.1, 0.15) is 5.56 Å². The molecule has 0 saturated heterocycles. The number of amidine groups is 1. The molecule has 4 aromatic rings. The molecule has 132 valence electrons. The van der Waals surface area contributed by atoms with Crippen molar-refractivity contribution in [1.82, 2.24) is 26.5 Å². The van der Waals surface area contributed by atoms with Gasteiger partial charge in [-0.25, -0.2) is 5.53 Å². The Morgan fingerprint density at radius 2 is 1.93 bits per heavy atom. The molecular formula is C18H13N7O2. The molecule has 0 bridgehead atoms. The smallest absolute Gasteiger partial charge is 0.302 e. The van der Waals surface area contributed by atoms with Crippen LogP contribution >= 0.6 is 0 Å². The second-order valence-electron chi connectivity index (χ2n) is 6.10. The molecule has 2 aromatic heterocycles. The van der Waals surface area contributed by atoms with Gasteiger partial charge in [0.25, 0.3) is 0 Å². The van der Waals surface area contributed by atoms with Gasteiger partial charge in [0.2, 0.25) is 0 Å². The first kappa shape index (κ1) is 15.3. The number of fused-ring (bicyclic) bond motifs is 2. The van der Waals surface area contributed by atoms with Gasteiger partial charge in [0.1, 0.15) is 5.69 Å². The van der Waals surface area contributed by atoms with E-state index in [1.54, 1.807) is 18.3 Å². The quantitative estimate of drug-likeness (QED) is 0.330. The number of nitrogens with one attached hydrogen (secondary N) is 4. The van der Waals surface area contributed by atoms with Crippen molar-refractivity contribution in [2.75, 3.05) is 0 Å². The summed E-state index contributed by atoms with van der Waals surface area (Å²) in [6, 6.07) is 14.9. The van der Waals surface area contributed by atoms with Crippen molar-refractivity contribution in [1.29, 1.82) is 0 Å². The number of benzene rings is 2. The largest absolute Gasteiger partial charge is 0.349 e. The lowest BCUT2D eigenvalue weighted by Crippen LogP contribution is -2.35. The maximum absolute atomic E-state index is 11.9. The van der Waals surface area contributed by atoms with Crippen LogP contribution in [-0.2, 0) is 0 Å². The fourth-order valence-electron chi connectivity index (χ4n) is 3.27. The number of H-pyrrole nitrogens is 1. The summed E-state index contributed by atoms with van der Waals surface area (Å²) in [6.07, 6.45) is 1.65. The molecule has 9 heteroatoms. The average molecular weight is 359 g/mol. The van der Waals surface area contributed by atoms with Crippen LogP contribution in [0, 0.1) is 10.1 Å². The third-order valence-electron chi connectivity index (χ3n) is 4.51. The monoisotopic (exact) mass is 359 g/mol. The summed E-state index contributed by atoms with van der Waals surface area (Å²) in [5.74, 6) is 0.557. The van der Waals surface area contributed by atoms with Crippen molar-refractivity contribution in [3.05, 3.63) is 70.4 Å².